The van der Waals surface area contributed by atoms with Crippen LogP contribution in [-0.4, -0.2) is 28.6 Å². The number of hydrogen-bond acceptors (Lipinski definition) is 4. The van der Waals surface area contributed by atoms with E-state index in [1.807, 2.05) is 60.8 Å². The third kappa shape index (κ3) is 5.40. The number of ether oxygens (including phenoxy) is 1. The van der Waals surface area contributed by atoms with Gasteiger partial charge in [0.2, 0.25) is 5.91 Å². The van der Waals surface area contributed by atoms with E-state index in [1.165, 1.54) is 17.8 Å². The average Bonchev–Trinajstić information content (AvgIpc) is 3.26. The maximum absolute atomic E-state index is 13.8. The lowest BCUT2D eigenvalue weighted by atomic mass is 10.1. The summed E-state index contributed by atoms with van der Waals surface area (Å²) in [6.45, 7) is 0. The second kappa shape index (κ2) is 10.3. The number of anilines is 1. The Kier molecular flexibility index (Phi) is 7.04. The third-order valence-corrected chi connectivity index (χ3v) is 5.87. The first-order valence-electron chi connectivity index (χ1n) is 10.1. The highest BCUT2D eigenvalue weighted by Gasteiger charge is 2.15. The molecular weight excluding hydrogens is 444 g/mol. The first-order chi connectivity index (χ1) is 16.0. The lowest BCUT2D eigenvalue weighted by Crippen LogP contribution is -2.16. The molecule has 0 aliphatic rings. The molecule has 0 aliphatic carbocycles. The molecule has 0 radical (unpaired) electrons. The summed E-state index contributed by atoms with van der Waals surface area (Å²) in [6.07, 6.45) is 1.93. The van der Waals surface area contributed by atoms with Gasteiger partial charge >= 0.3 is 0 Å². The fraction of sp³-hybridized carbons (Fsp3) is 0.120. The third-order valence-electron chi connectivity index (χ3n) is 4.89. The summed E-state index contributed by atoms with van der Waals surface area (Å²) < 4.78 is 34.6. The highest BCUT2D eigenvalue weighted by Crippen LogP contribution is 2.28. The minimum absolute atomic E-state index is 0.0341. The van der Waals surface area contributed by atoms with Crippen molar-refractivity contribution in [2.75, 3.05) is 18.2 Å². The fourth-order valence-electron chi connectivity index (χ4n) is 3.27. The van der Waals surface area contributed by atoms with Crippen LogP contribution in [0.4, 0.5) is 14.5 Å². The standard InChI is InChI=1S/C25H21F2N3O2S/c1-32-20-12-10-17(11-13-20)24-18(14-30(29-24)19-6-3-2-4-7-19)15-33-16-23(31)28-25-21(26)8-5-9-22(25)27/h2-14H,15-16H2,1H3,(H,28,31). The van der Waals surface area contributed by atoms with Crippen molar-refractivity contribution in [1.29, 1.82) is 0 Å². The summed E-state index contributed by atoms with van der Waals surface area (Å²) in [6, 6.07) is 20.8. The fourth-order valence-corrected chi connectivity index (χ4v) is 4.06. The van der Waals surface area contributed by atoms with Crippen LogP contribution in [0.15, 0.2) is 79.0 Å². The van der Waals surface area contributed by atoms with Crippen LogP contribution in [0.3, 0.4) is 0 Å². The Morgan fingerprint density at radius 1 is 1.00 bits per heavy atom. The lowest BCUT2D eigenvalue weighted by molar-refractivity contribution is -0.113. The number of aromatic nitrogens is 2. The van der Waals surface area contributed by atoms with E-state index in [2.05, 4.69) is 5.32 Å². The molecule has 33 heavy (non-hydrogen) atoms. The largest absolute Gasteiger partial charge is 0.497 e. The number of nitrogens with one attached hydrogen (secondary N) is 1. The summed E-state index contributed by atoms with van der Waals surface area (Å²) in [5.74, 6) is -0.827. The topological polar surface area (TPSA) is 56.2 Å². The molecule has 4 rings (SSSR count). The smallest absolute Gasteiger partial charge is 0.234 e. The number of carbonyl (C=O) groups is 1. The Balaban J connectivity index is 1.51. The SMILES string of the molecule is COc1ccc(-c2nn(-c3ccccc3)cc2CSCC(=O)Nc2c(F)cccc2F)cc1. The van der Waals surface area contributed by atoms with E-state index < -0.39 is 23.2 Å². The number of carbonyl (C=O) groups excluding carboxylic acids is 1. The van der Waals surface area contributed by atoms with Crippen LogP contribution < -0.4 is 10.1 Å². The van der Waals surface area contributed by atoms with Crippen LogP contribution in [0, 0.1) is 11.6 Å². The maximum Gasteiger partial charge on any atom is 0.234 e. The van der Waals surface area contributed by atoms with Gasteiger partial charge in [0.05, 0.1) is 24.2 Å². The molecule has 168 valence electrons. The quantitative estimate of drug-likeness (QED) is 0.363. The molecule has 0 aliphatic heterocycles. The zero-order valence-electron chi connectivity index (χ0n) is 17.8. The van der Waals surface area contributed by atoms with E-state index in [1.54, 1.807) is 11.8 Å². The number of hydrogen-bond donors (Lipinski definition) is 1. The van der Waals surface area contributed by atoms with Crippen molar-refractivity contribution in [1.82, 2.24) is 9.78 Å². The van der Waals surface area contributed by atoms with Crippen LogP contribution >= 0.6 is 11.8 Å². The summed E-state index contributed by atoms with van der Waals surface area (Å²) >= 11 is 1.34. The number of thioether (sulfide) groups is 1. The molecule has 1 heterocycles. The number of methoxy groups -OCH3 is 1. The van der Waals surface area contributed by atoms with E-state index in [0.29, 0.717) is 5.75 Å². The van der Waals surface area contributed by atoms with Crippen molar-refractivity contribution >= 4 is 23.4 Å². The molecule has 1 N–H and O–H groups in total. The van der Waals surface area contributed by atoms with E-state index in [0.717, 1.165) is 40.4 Å². The van der Waals surface area contributed by atoms with Gasteiger partial charge in [0.1, 0.15) is 23.1 Å². The molecule has 0 saturated heterocycles. The molecule has 0 atom stereocenters. The van der Waals surface area contributed by atoms with Crippen molar-refractivity contribution in [2.45, 2.75) is 5.75 Å². The maximum atomic E-state index is 13.8. The molecule has 4 aromatic rings. The Morgan fingerprint density at radius 2 is 1.70 bits per heavy atom. The van der Waals surface area contributed by atoms with E-state index in [4.69, 9.17) is 9.84 Å². The van der Waals surface area contributed by atoms with Gasteiger partial charge in [0.25, 0.3) is 0 Å². The molecule has 1 aromatic heterocycles. The van der Waals surface area contributed by atoms with Crippen LogP contribution in [-0.2, 0) is 10.5 Å². The number of amides is 1. The van der Waals surface area contributed by atoms with Crippen LogP contribution in [0.2, 0.25) is 0 Å². The summed E-state index contributed by atoms with van der Waals surface area (Å²) in [5.41, 5.74) is 3.11. The molecule has 8 heteroatoms. The number of benzene rings is 3. The van der Waals surface area contributed by atoms with Gasteiger partial charge in [-0.1, -0.05) is 24.3 Å². The predicted molar refractivity (Wildman–Crippen MR) is 127 cm³/mol. The molecule has 0 saturated carbocycles. The predicted octanol–water partition coefficient (Wildman–Crippen LogP) is 5.70. The Labute approximate surface area is 194 Å². The van der Waals surface area contributed by atoms with Crippen LogP contribution in [0.1, 0.15) is 5.56 Å². The minimum Gasteiger partial charge on any atom is -0.497 e. The molecule has 0 unspecified atom stereocenters. The van der Waals surface area contributed by atoms with Crippen molar-refractivity contribution < 1.29 is 18.3 Å². The Morgan fingerprint density at radius 3 is 2.36 bits per heavy atom. The van der Waals surface area contributed by atoms with E-state index in [9.17, 15) is 13.6 Å². The van der Waals surface area contributed by atoms with Crippen molar-refractivity contribution in [3.05, 3.63) is 96.2 Å². The summed E-state index contributed by atoms with van der Waals surface area (Å²) in [4.78, 5) is 12.3. The highest BCUT2D eigenvalue weighted by molar-refractivity contribution is 7.99. The van der Waals surface area contributed by atoms with Gasteiger partial charge in [-0.25, -0.2) is 13.5 Å². The molecule has 1 amide bonds. The van der Waals surface area contributed by atoms with Crippen molar-refractivity contribution in [3.63, 3.8) is 0 Å². The summed E-state index contributed by atoms with van der Waals surface area (Å²) in [5, 5.41) is 7.07. The Hall–Kier alpha value is -3.65. The van der Waals surface area contributed by atoms with Gasteiger partial charge in [-0.15, -0.1) is 11.8 Å². The highest BCUT2D eigenvalue weighted by atomic mass is 32.2. The van der Waals surface area contributed by atoms with Crippen LogP contribution in [0.25, 0.3) is 16.9 Å². The van der Waals surface area contributed by atoms with E-state index in [-0.39, 0.29) is 5.75 Å². The average molecular weight is 466 g/mol. The van der Waals surface area contributed by atoms with Gasteiger partial charge in [0, 0.05) is 23.1 Å². The number of halogens is 2. The number of para-hydroxylation sites is 2. The number of nitrogens with zero attached hydrogens (tertiary/aromatic N) is 2. The second-order valence-corrected chi connectivity index (χ2v) is 8.13. The normalized spacial score (nSPS) is 10.8. The Bertz CT molecular complexity index is 1220. The van der Waals surface area contributed by atoms with Crippen molar-refractivity contribution in [2.24, 2.45) is 0 Å². The van der Waals surface area contributed by atoms with Gasteiger partial charge in [-0.2, -0.15) is 5.10 Å². The second-order valence-electron chi connectivity index (χ2n) is 7.15. The number of rotatable bonds is 8. The first-order valence-corrected chi connectivity index (χ1v) is 11.3. The molecular formula is C25H21F2N3O2S. The van der Waals surface area contributed by atoms with E-state index >= 15 is 0 Å². The zero-order chi connectivity index (χ0) is 23.2. The van der Waals surface area contributed by atoms with Gasteiger partial charge in [0.15, 0.2) is 0 Å². The van der Waals surface area contributed by atoms with Gasteiger partial charge < -0.3 is 10.1 Å². The summed E-state index contributed by atoms with van der Waals surface area (Å²) in [7, 11) is 1.61. The monoisotopic (exact) mass is 465 g/mol. The molecule has 0 fully saturated rings. The van der Waals surface area contributed by atoms with Gasteiger partial charge in [-0.05, 0) is 48.5 Å². The van der Waals surface area contributed by atoms with Crippen molar-refractivity contribution in [3.8, 4) is 22.7 Å². The zero-order valence-corrected chi connectivity index (χ0v) is 18.6. The molecule has 0 bridgehead atoms. The lowest BCUT2D eigenvalue weighted by Gasteiger charge is -2.07. The van der Waals surface area contributed by atoms with Crippen LogP contribution in [0.5, 0.6) is 5.75 Å². The molecule has 3 aromatic carbocycles. The minimum atomic E-state index is -0.806. The first kappa shape index (κ1) is 22.5. The molecule has 5 nitrogen and oxygen atoms in total. The van der Waals surface area contributed by atoms with Gasteiger partial charge in [-0.3, -0.25) is 4.79 Å². The molecule has 0 spiro atoms.